The molecule has 1 aromatic heterocycles. The molecule has 5 rings (SSSR count). The highest BCUT2D eigenvalue weighted by atomic mass is 16.5. The lowest BCUT2D eigenvalue weighted by molar-refractivity contribution is -0.130. The van der Waals surface area contributed by atoms with Gasteiger partial charge in [-0.1, -0.05) is 12.1 Å². The Hall–Kier alpha value is -2.45. The van der Waals surface area contributed by atoms with E-state index in [4.69, 9.17) is 9.47 Å². The average Bonchev–Trinajstić information content (AvgIpc) is 3.49. The van der Waals surface area contributed by atoms with Crippen molar-refractivity contribution in [3.63, 3.8) is 0 Å². The van der Waals surface area contributed by atoms with Gasteiger partial charge in [0.25, 0.3) is 0 Å². The Morgan fingerprint density at radius 3 is 3.03 bits per heavy atom. The van der Waals surface area contributed by atoms with Crippen molar-refractivity contribution in [2.24, 2.45) is 0 Å². The first-order valence-electron chi connectivity index (χ1n) is 11.0. The van der Waals surface area contributed by atoms with Gasteiger partial charge >= 0.3 is 0 Å². The van der Waals surface area contributed by atoms with Gasteiger partial charge in [0.2, 0.25) is 5.91 Å². The van der Waals surface area contributed by atoms with Crippen LogP contribution >= 0.6 is 0 Å². The van der Waals surface area contributed by atoms with E-state index in [-0.39, 0.29) is 12.0 Å². The van der Waals surface area contributed by atoms with Crippen molar-refractivity contribution in [2.75, 3.05) is 32.8 Å². The molecule has 0 saturated carbocycles. The van der Waals surface area contributed by atoms with Crippen molar-refractivity contribution in [1.82, 2.24) is 25.0 Å². The Balaban J connectivity index is 1.15. The fraction of sp³-hybridized carbons (Fsp3) is 0.591. The number of ether oxygens (including phenoxy) is 2. The maximum atomic E-state index is 12.1. The summed E-state index contributed by atoms with van der Waals surface area (Å²) in [5.41, 5.74) is 2.67. The van der Waals surface area contributed by atoms with Crippen LogP contribution in [0.25, 0.3) is 0 Å². The Morgan fingerprint density at radius 2 is 2.13 bits per heavy atom. The molecule has 30 heavy (non-hydrogen) atoms. The third-order valence-corrected chi connectivity index (χ3v) is 6.23. The van der Waals surface area contributed by atoms with Crippen molar-refractivity contribution >= 4 is 5.91 Å². The Morgan fingerprint density at radius 1 is 1.17 bits per heavy atom. The summed E-state index contributed by atoms with van der Waals surface area (Å²) in [7, 11) is 0. The molecule has 3 aliphatic heterocycles. The fourth-order valence-corrected chi connectivity index (χ4v) is 4.56. The molecule has 8 heteroatoms. The minimum absolute atomic E-state index is 0.00553. The number of fused-ring (bicyclic) bond motifs is 2. The molecule has 1 amide bonds. The van der Waals surface area contributed by atoms with Crippen LogP contribution in [0.4, 0.5) is 0 Å². The van der Waals surface area contributed by atoms with E-state index in [1.807, 2.05) is 0 Å². The summed E-state index contributed by atoms with van der Waals surface area (Å²) in [6.45, 7) is 5.82. The summed E-state index contributed by atoms with van der Waals surface area (Å²) in [5.74, 6) is 3.03. The maximum absolute atomic E-state index is 12.1. The van der Waals surface area contributed by atoms with E-state index < -0.39 is 0 Å². The lowest BCUT2D eigenvalue weighted by Crippen LogP contribution is -2.35. The van der Waals surface area contributed by atoms with Gasteiger partial charge in [-0.3, -0.25) is 9.69 Å². The quantitative estimate of drug-likeness (QED) is 0.767. The van der Waals surface area contributed by atoms with Gasteiger partial charge in [-0.15, -0.1) is 10.2 Å². The maximum Gasteiger partial charge on any atom is 0.249 e. The molecule has 0 radical (unpaired) electrons. The standard InChI is InChI=1S/C22H29N5O3/c28-22(19-2-1-12-29-19)23-8-5-20-24-25-21-6-9-26(10-11-27(20)21)15-16-3-4-18-17(14-16)7-13-30-18/h3-4,14,19H,1-2,5-13,15H2,(H,23,28)/t19-/m1/s1. The second kappa shape index (κ2) is 8.73. The average molecular weight is 412 g/mol. The highest BCUT2D eigenvalue weighted by Gasteiger charge is 2.24. The van der Waals surface area contributed by atoms with Crippen LogP contribution in [-0.4, -0.2) is 64.5 Å². The molecule has 0 aliphatic carbocycles. The lowest BCUT2D eigenvalue weighted by atomic mass is 10.1. The van der Waals surface area contributed by atoms with Crippen LogP contribution in [0.5, 0.6) is 5.75 Å². The molecule has 0 bridgehead atoms. The lowest BCUT2D eigenvalue weighted by Gasteiger charge is -2.20. The number of carbonyl (C=O) groups excluding carboxylic acids is 1. The first-order chi connectivity index (χ1) is 14.8. The van der Waals surface area contributed by atoms with Crippen molar-refractivity contribution in [1.29, 1.82) is 0 Å². The van der Waals surface area contributed by atoms with Gasteiger partial charge in [-0.2, -0.15) is 0 Å². The van der Waals surface area contributed by atoms with Gasteiger partial charge in [-0.05, 0) is 30.0 Å². The van der Waals surface area contributed by atoms with Gasteiger partial charge in [0.1, 0.15) is 23.5 Å². The van der Waals surface area contributed by atoms with Crippen molar-refractivity contribution < 1.29 is 14.3 Å². The monoisotopic (exact) mass is 411 g/mol. The summed E-state index contributed by atoms with van der Waals surface area (Å²) in [4.78, 5) is 14.6. The molecular formula is C22H29N5O3. The molecule has 8 nitrogen and oxygen atoms in total. The van der Waals surface area contributed by atoms with Gasteiger partial charge in [0, 0.05) is 58.6 Å². The molecule has 2 aromatic rings. The van der Waals surface area contributed by atoms with Gasteiger partial charge in [-0.25, -0.2) is 0 Å². The van der Waals surface area contributed by atoms with E-state index in [9.17, 15) is 4.79 Å². The zero-order valence-corrected chi connectivity index (χ0v) is 17.3. The van der Waals surface area contributed by atoms with E-state index in [1.165, 1.54) is 11.1 Å². The van der Waals surface area contributed by atoms with Crippen LogP contribution in [0.3, 0.4) is 0 Å². The van der Waals surface area contributed by atoms with Crippen LogP contribution in [0.15, 0.2) is 18.2 Å². The van der Waals surface area contributed by atoms with Crippen molar-refractivity contribution in [3.8, 4) is 5.75 Å². The predicted molar refractivity (Wildman–Crippen MR) is 110 cm³/mol. The molecule has 0 unspecified atom stereocenters. The summed E-state index contributed by atoms with van der Waals surface area (Å²) in [5, 5.41) is 11.8. The zero-order valence-electron chi connectivity index (χ0n) is 17.3. The highest BCUT2D eigenvalue weighted by molar-refractivity contribution is 5.80. The number of carbonyl (C=O) groups is 1. The number of hydrogen-bond donors (Lipinski definition) is 1. The van der Waals surface area contributed by atoms with Crippen molar-refractivity contribution in [3.05, 3.63) is 41.0 Å². The first-order valence-corrected chi connectivity index (χ1v) is 11.0. The number of hydrogen-bond acceptors (Lipinski definition) is 6. The van der Waals surface area contributed by atoms with Crippen LogP contribution in [0, 0.1) is 0 Å². The molecule has 0 spiro atoms. The van der Waals surface area contributed by atoms with Crippen LogP contribution in [0.1, 0.15) is 35.6 Å². The molecule has 1 aromatic carbocycles. The van der Waals surface area contributed by atoms with E-state index >= 15 is 0 Å². The Bertz CT molecular complexity index is 906. The summed E-state index contributed by atoms with van der Waals surface area (Å²) < 4.78 is 13.3. The fourth-order valence-electron chi connectivity index (χ4n) is 4.56. The van der Waals surface area contributed by atoms with E-state index in [2.05, 4.69) is 43.2 Å². The number of nitrogens with zero attached hydrogens (tertiary/aromatic N) is 4. The van der Waals surface area contributed by atoms with Gasteiger partial charge in [0.05, 0.1) is 6.61 Å². The molecule has 1 atom stereocenters. The third kappa shape index (κ3) is 4.20. The van der Waals surface area contributed by atoms with Gasteiger partial charge < -0.3 is 19.4 Å². The van der Waals surface area contributed by atoms with E-state index in [1.54, 1.807) is 0 Å². The SMILES string of the molecule is O=C(NCCc1nnc2n1CCN(Cc1ccc3c(c1)CCO3)CC2)[C@H]1CCCO1. The topological polar surface area (TPSA) is 81.5 Å². The minimum atomic E-state index is -0.278. The highest BCUT2D eigenvalue weighted by Crippen LogP contribution is 2.26. The number of amides is 1. The van der Waals surface area contributed by atoms with Gasteiger partial charge in [0.15, 0.2) is 0 Å². The first kappa shape index (κ1) is 19.5. The van der Waals surface area contributed by atoms with E-state index in [0.717, 1.165) is 75.9 Å². The van der Waals surface area contributed by atoms with Crippen LogP contribution < -0.4 is 10.1 Å². The molecular weight excluding hydrogens is 382 g/mol. The summed E-state index contributed by atoms with van der Waals surface area (Å²) in [6.07, 6.45) is 4.10. The molecule has 1 N–H and O–H groups in total. The number of benzene rings is 1. The largest absolute Gasteiger partial charge is 0.493 e. The minimum Gasteiger partial charge on any atom is -0.493 e. The second-order valence-electron chi connectivity index (χ2n) is 8.29. The third-order valence-electron chi connectivity index (χ3n) is 6.23. The summed E-state index contributed by atoms with van der Waals surface area (Å²) in [6, 6.07) is 6.57. The van der Waals surface area contributed by atoms with Crippen LogP contribution in [0.2, 0.25) is 0 Å². The predicted octanol–water partition coefficient (Wildman–Crippen LogP) is 1.11. The smallest absolute Gasteiger partial charge is 0.249 e. The molecule has 160 valence electrons. The second-order valence-corrected chi connectivity index (χ2v) is 8.29. The molecule has 1 saturated heterocycles. The van der Waals surface area contributed by atoms with E-state index in [0.29, 0.717) is 19.6 Å². The van der Waals surface area contributed by atoms with Crippen LogP contribution in [-0.2, 0) is 41.9 Å². The van der Waals surface area contributed by atoms with Crippen molar-refractivity contribution in [2.45, 2.75) is 51.3 Å². The molecule has 3 aliphatic rings. The number of rotatable bonds is 6. The molecule has 4 heterocycles. The normalized spacial score (nSPS) is 21.0. The number of nitrogens with one attached hydrogen (secondary N) is 1. The Labute approximate surface area is 176 Å². The Kier molecular flexibility index (Phi) is 5.68. The number of aromatic nitrogens is 3. The molecule has 1 fully saturated rings. The zero-order chi connectivity index (χ0) is 20.3. The summed E-state index contributed by atoms with van der Waals surface area (Å²) >= 11 is 0.